The van der Waals surface area contributed by atoms with E-state index in [1.54, 1.807) is 6.07 Å². The van der Waals surface area contributed by atoms with Gasteiger partial charge in [-0.25, -0.2) is 4.39 Å². The highest BCUT2D eigenvalue weighted by Crippen LogP contribution is 2.22. The summed E-state index contributed by atoms with van der Waals surface area (Å²) in [7, 11) is 0. The van der Waals surface area contributed by atoms with Gasteiger partial charge in [0, 0.05) is 24.8 Å². The lowest BCUT2D eigenvalue weighted by Crippen LogP contribution is -2.41. The number of halogens is 1. The van der Waals surface area contributed by atoms with Crippen molar-refractivity contribution < 1.29 is 23.8 Å². The second-order valence-electron chi connectivity index (χ2n) is 4.63. The monoisotopic (exact) mass is 283 g/mol. The lowest BCUT2D eigenvalue weighted by atomic mass is 10.1. The van der Waals surface area contributed by atoms with Gasteiger partial charge in [0.25, 0.3) is 5.91 Å². The van der Waals surface area contributed by atoms with Crippen molar-refractivity contribution in [3.05, 3.63) is 29.6 Å². The fraction of sp³-hybridized carbons (Fsp3) is 0.500. The molecule has 20 heavy (non-hydrogen) atoms. The van der Waals surface area contributed by atoms with E-state index >= 15 is 0 Å². The predicted octanol–water partition coefficient (Wildman–Crippen LogP) is 0.992. The van der Waals surface area contributed by atoms with Crippen LogP contribution in [0, 0.1) is 5.82 Å². The van der Waals surface area contributed by atoms with Crippen LogP contribution in [0.4, 0.5) is 4.39 Å². The highest BCUT2D eigenvalue weighted by molar-refractivity contribution is 5.77. The van der Waals surface area contributed by atoms with E-state index in [1.165, 1.54) is 12.1 Å². The fourth-order valence-corrected chi connectivity index (χ4v) is 2.09. The number of aliphatic hydroxyl groups is 1. The van der Waals surface area contributed by atoms with Crippen molar-refractivity contribution in [3.8, 4) is 5.75 Å². The van der Waals surface area contributed by atoms with E-state index in [4.69, 9.17) is 14.6 Å². The minimum Gasteiger partial charge on any atom is -0.480 e. The third-order valence-corrected chi connectivity index (χ3v) is 3.15. The number of hydrogen-bond donors (Lipinski definition) is 2. The summed E-state index contributed by atoms with van der Waals surface area (Å²) >= 11 is 0. The van der Waals surface area contributed by atoms with Crippen molar-refractivity contribution in [2.24, 2.45) is 0 Å². The maximum absolute atomic E-state index is 13.6. The zero-order chi connectivity index (χ0) is 14.4. The first-order valence-corrected chi connectivity index (χ1v) is 6.59. The topological polar surface area (TPSA) is 67.8 Å². The van der Waals surface area contributed by atoms with E-state index in [-0.39, 0.29) is 30.9 Å². The Kier molecular flexibility index (Phi) is 5.31. The maximum atomic E-state index is 13.6. The number of carbonyl (C=O) groups excluding carboxylic acids is 1. The Morgan fingerprint density at radius 2 is 2.20 bits per heavy atom. The van der Waals surface area contributed by atoms with Gasteiger partial charge in [-0.1, -0.05) is 12.1 Å². The van der Waals surface area contributed by atoms with Gasteiger partial charge < -0.3 is 19.9 Å². The number of para-hydroxylation sites is 1. The van der Waals surface area contributed by atoms with E-state index in [1.807, 2.05) is 0 Å². The second-order valence-corrected chi connectivity index (χ2v) is 4.63. The third-order valence-electron chi connectivity index (χ3n) is 3.15. The summed E-state index contributed by atoms with van der Waals surface area (Å²) in [6, 6.07) is 4.34. The molecule has 1 heterocycles. The molecule has 1 saturated heterocycles. The Balaban J connectivity index is 1.86. The summed E-state index contributed by atoms with van der Waals surface area (Å²) in [6.07, 6.45) is 1.54. The van der Waals surface area contributed by atoms with Crippen molar-refractivity contribution in [1.29, 1.82) is 0 Å². The highest BCUT2D eigenvalue weighted by Gasteiger charge is 2.17. The Morgan fingerprint density at radius 3 is 2.90 bits per heavy atom. The van der Waals surface area contributed by atoms with Crippen LogP contribution < -0.4 is 10.1 Å². The molecule has 1 aliphatic heterocycles. The molecule has 0 unspecified atom stereocenters. The smallest absolute Gasteiger partial charge is 0.258 e. The summed E-state index contributed by atoms with van der Waals surface area (Å²) in [5, 5.41) is 11.9. The molecule has 0 atom stereocenters. The number of benzene rings is 1. The third kappa shape index (κ3) is 3.91. The van der Waals surface area contributed by atoms with Crippen molar-refractivity contribution in [3.63, 3.8) is 0 Å². The van der Waals surface area contributed by atoms with Crippen LogP contribution >= 0.6 is 0 Å². The molecule has 110 valence electrons. The number of ether oxygens (including phenoxy) is 2. The molecule has 1 amide bonds. The maximum Gasteiger partial charge on any atom is 0.258 e. The minimum absolute atomic E-state index is 0.0721. The molecule has 1 aromatic carbocycles. The van der Waals surface area contributed by atoms with Crippen LogP contribution in [0.25, 0.3) is 0 Å². The summed E-state index contributed by atoms with van der Waals surface area (Å²) in [5.41, 5.74) is 0.323. The molecule has 6 heteroatoms. The molecule has 0 aliphatic carbocycles. The number of amides is 1. The van der Waals surface area contributed by atoms with Gasteiger partial charge in [-0.05, 0) is 18.9 Å². The molecule has 0 bridgehead atoms. The molecule has 1 fully saturated rings. The number of rotatable bonds is 5. The second kappa shape index (κ2) is 7.21. The van der Waals surface area contributed by atoms with Crippen LogP contribution in [0.1, 0.15) is 18.4 Å². The van der Waals surface area contributed by atoms with Gasteiger partial charge in [0.05, 0.1) is 6.61 Å². The van der Waals surface area contributed by atoms with Crippen LogP contribution in [0.5, 0.6) is 5.75 Å². The molecule has 0 saturated carbocycles. The fourth-order valence-electron chi connectivity index (χ4n) is 2.09. The first kappa shape index (κ1) is 14.7. The van der Waals surface area contributed by atoms with Crippen LogP contribution in [-0.4, -0.2) is 36.9 Å². The first-order valence-electron chi connectivity index (χ1n) is 6.59. The Hall–Kier alpha value is -1.66. The molecular formula is C14H18FNO4. The van der Waals surface area contributed by atoms with E-state index in [0.717, 1.165) is 12.8 Å². The average Bonchev–Trinajstić information content (AvgIpc) is 2.46. The minimum atomic E-state index is -0.588. The number of aliphatic hydroxyl groups excluding tert-OH is 1. The van der Waals surface area contributed by atoms with Gasteiger partial charge in [0.15, 0.2) is 18.2 Å². The van der Waals surface area contributed by atoms with Gasteiger partial charge in [-0.2, -0.15) is 0 Å². The van der Waals surface area contributed by atoms with Crippen molar-refractivity contribution in [1.82, 2.24) is 5.32 Å². The van der Waals surface area contributed by atoms with Gasteiger partial charge in [-0.3, -0.25) is 4.79 Å². The van der Waals surface area contributed by atoms with Crippen LogP contribution in [0.2, 0.25) is 0 Å². The molecule has 0 spiro atoms. The lowest BCUT2D eigenvalue weighted by Gasteiger charge is -2.23. The van der Waals surface area contributed by atoms with Crippen LogP contribution in [0.15, 0.2) is 18.2 Å². The summed E-state index contributed by atoms with van der Waals surface area (Å²) in [5.74, 6) is -0.961. The van der Waals surface area contributed by atoms with Crippen molar-refractivity contribution >= 4 is 5.91 Å². The molecule has 0 aromatic heterocycles. The number of carbonyl (C=O) groups is 1. The Bertz CT molecular complexity index is 460. The molecular weight excluding hydrogens is 265 g/mol. The lowest BCUT2D eigenvalue weighted by molar-refractivity contribution is -0.124. The van der Waals surface area contributed by atoms with Crippen LogP contribution in [-0.2, 0) is 16.1 Å². The van der Waals surface area contributed by atoms with Gasteiger partial charge in [0.2, 0.25) is 0 Å². The summed E-state index contributed by atoms with van der Waals surface area (Å²) in [4.78, 5) is 11.7. The average molecular weight is 283 g/mol. The summed E-state index contributed by atoms with van der Waals surface area (Å²) < 4.78 is 23.9. The molecule has 1 aromatic rings. The highest BCUT2D eigenvalue weighted by atomic mass is 19.1. The largest absolute Gasteiger partial charge is 0.480 e. The zero-order valence-corrected chi connectivity index (χ0v) is 11.1. The predicted molar refractivity (Wildman–Crippen MR) is 69.8 cm³/mol. The van der Waals surface area contributed by atoms with E-state index in [9.17, 15) is 9.18 Å². The zero-order valence-electron chi connectivity index (χ0n) is 11.1. The molecule has 1 aliphatic rings. The van der Waals surface area contributed by atoms with E-state index in [2.05, 4.69) is 5.32 Å². The Labute approximate surface area is 116 Å². The standard InChI is InChI=1S/C14H18FNO4/c15-12-3-1-2-10(8-17)14(12)20-9-13(18)16-11-4-6-19-7-5-11/h1-3,11,17H,4-9H2,(H,16,18). The molecule has 0 radical (unpaired) electrons. The normalized spacial score (nSPS) is 15.9. The molecule has 2 N–H and O–H groups in total. The van der Waals surface area contributed by atoms with Gasteiger partial charge in [0.1, 0.15) is 0 Å². The quantitative estimate of drug-likeness (QED) is 0.845. The van der Waals surface area contributed by atoms with Crippen molar-refractivity contribution in [2.75, 3.05) is 19.8 Å². The number of nitrogens with one attached hydrogen (secondary N) is 1. The van der Waals surface area contributed by atoms with Crippen LogP contribution in [0.3, 0.4) is 0 Å². The summed E-state index contributed by atoms with van der Waals surface area (Å²) in [6.45, 7) is 0.654. The Morgan fingerprint density at radius 1 is 1.45 bits per heavy atom. The molecule has 5 nitrogen and oxygen atoms in total. The first-order chi connectivity index (χ1) is 9.70. The van der Waals surface area contributed by atoms with E-state index in [0.29, 0.717) is 18.8 Å². The van der Waals surface area contributed by atoms with E-state index < -0.39 is 5.82 Å². The number of hydrogen-bond acceptors (Lipinski definition) is 4. The SMILES string of the molecule is O=C(COc1c(F)cccc1CO)NC1CCOCC1. The molecule has 2 rings (SSSR count). The van der Waals surface area contributed by atoms with Gasteiger partial charge >= 0.3 is 0 Å². The van der Waals surface area contributed by atoms with Gasteiger partial charge in [-0.15, -0.1) is 0 Å². The van der Waals surface area contributed by atoms with Crippen molar-refractivity contribution in [2.45, 2.75) is 25.5 Å².